The first kappa shape index (κ1) is 15.3. The quantitative estimate of drug-likeness (QED) is 0.866. The number of carbonyl (C=O) groups is 1. The van der Waals surface area contributed by atoms with Gasteiger partial charge in [-0.15, -0.1) is 0 Å². The van der Waals surface area contributed by atoms with Gasteiger partial charge in [0.05, 0.1) is 5.56 Å². The van der Waals surface area contributed by atoms with Crippen LogP contribution in [0.4, 0.5) is 13.2 Å². The van der Waals surface area contributed by atoms with Gasteiger partial charge in [0.2, 0.25) is 0 Å². The van der Waals surface area contributed by atoms with Crippen LogP contribution in [-0.4, -0.2) is 21.3 Å². The van der Waals surface area contributed by atoms with Gasteiger partial charge in [0.1, 0.15) is 22.0 Å². The van der Waals surface area contributed by atoms with Crippen molar-refractivity contribution >= 4 is 17.7 Å². The van der Waals surface area contributed by atoms with Crippen LogP contribution in [-0.2, 0) is 11.0 Å². The molecule has 0 bridgehead atoms. The van der Waals surface area contributed by atoms with E-state index >= 15 is 0 Å². The van der Waals surface area contributed by atoms with Crippen LogP contribution in [0.3, 0.4) is 0 Å². The van der Waals surface area contributed by atoms with E-state index in [0.29, 0.717) is 11.8 Å². The molecule has 0 spiro atoms. The molecule has 0 amide bonds. The number of aromatic nitrogens is 1. The van der Waals surface area contributed by atoms with E-state index in [1.54, 1.807) is 6.07 Å². The van der Waals surface area contributed by atoms with Gasteiger partial charge in [-0.1, -0.05) is 11.8 Å². The molecule has 0 aromatic carbocycles. The number of hydrogen-bond donors (Lipinski definition) is 1. The predicted octanol–water partition coefficient (Wildman–Crippen LogP) is 2.85. The number of carboxylic acids is 1. The molecule has 1 N–H and O–H groups in total. The Morgan fingerprint density at radius 3 is 2.58 bits per heavy atom. The monoisotopic (exact) mass is 290 g/mol. The first-order valence-corrected chi connectivity index (χ1v) is 5.93. The lowest BCUT2D eigenvalue weighted by Crippen LogP contribution is -2.14. The maximum absolute atomic E-state index is 12.6. The van der Waals surface area contributed by atoms with Gasteiger partial charge in [-0.05, 0) is 25.5 Å². The molecule has 1 aromatic rings. The zero-order valence-corrected chi connectivity index (χ0v) is 10.8. The summed E-state index contributed by atoms with van der Waals surface area (Å²) in [5.41, 5.74) is -1.06. The molecule has 0 radical (unpaired) electrons. The van der Waals surface area contributed by atoms with Crippen LogP contribution in [0, 0.1) is 18.3 Å². The number of nitrogens with zero attached hydrogens (tertiary/aromatic N) is 2. The molecule has 1 heterocycles. The van der Waals surface area contributed by atoms with Gasteiger partial charge in [0, 0.05) is 0 Å². The lowest BCUT2D eigenvalue weighted by atomic mass is 10.1. The van der Waals surface area contributed by atoms with Gasteiger partial charge in [-0.2, -0.15) is 18.4 Å². The lowest BCUT2D eigenvalue weighted by molar-refractivity contribution is -0.141. The number of rotatable bonds is 3. The maximum atomic E-state index is 12.6. The Morgan fingerprint density at radius 1 is 1.58 bits per heavy atom. The van der Waals surface area contributed by atoms with Crippen molar-refractivity contribution in [1.82, 2.24) is 4.98 Å². The van der Waals surface area contributed by atoms with Crippen molar-refractivity contribution in [2.24, 2.45) is 0 Å². The van der Waals surface area contributed by atoms with Gasteiger partial charge in [-0.3, -0.25) is 4.79 Å². The highest BCUT2D eigenvalue weighted by Gasteiger charge is 2.34. The molecule has 1 aromatic heterocycles. The van der Waals surface area contributed by atoms with E-state index in [-0.39, 0.29) is 16.2 Å². The molecule has 0 aliphatic heterocycles. The molecule has 0 aliphatic rings. The van der Waals surface area contributed by atoms with Gasteiger partial charge in [-0.25, -0.2) is 4.98 Å². The minimum absolute atomic E-state index is 0.0360. The van der Waals surface area contributed by atoms with Crippen molar-refractivity contribution < 1.29 is 23.1 Å². The molecule has 8 heteroatoms. The van der Waals surface area contributed by atoms with E-state index in [0.717, 1.165) is 6.07 Å². The highest BCUT2D eigenvalue weighted by Crippen LogP contribution is 2.33. The van der Waals surface area contributed by atoms with Crippen LogP contribution in [0.15, 0.2) is 11.1 Å². The Hall–Kier alpha value is -1.75. The van der Waals surface area contributed by atoms with Crippen LogP contribution in [0.1, 0.15) is 23.7 Å². The molecular weight excluding hydrogens is 281 g/mol. The fourth-order valence-corrected chi connectivity index (χ4v) is 2.14. The fourth-order valence-electron chi connectivity index (χ4n) is 1.23. The average molecular weight is 290 g/mol. The van der Waals surface area contributed by atoms with Gasteiger partial charge in [0.25, 0.3) is 0 Å². The molecule has 0 aliphatic carbocycles. The van der Waals surface area contributed by atoms with Crippen molar-refractivity contribution in [2.75, 3.05) is 0 Å². The lowest BCUT2D eigenvalue weighted by Gasteiger charge is -2.12. The summed E-state index contributed by atoms with van der Waals surface area (Å²) in [5, 5.41) is 16.4. The number of carboxylic acid groups (broad SMARTS) is 1. The van der Waals surface area contributed by atoms with Crippen molar-refractivity contribution in [3.05, 3.63) is 22.9 Å². The summed E-state index contributed by atoms with van der Waals surface area (Å²) in [5.74, 6) is -1.19. The molecule has 0 saturated heterocycles. The van der Waals surface area contributed by atoms with E-state index in [1.807, 2.05) is 0 Å². The molecule has 0 saturated carbocycles. The Labute approximate surface area is 111 Å². The predicted molar refractivity (Wildman–Crippen MR) is 61.6 cm³/mol. The normalized spacial score (nSPS) is 12.8. The maximum Gasteiger partial charge on any atom is 0.433 e. The van der Waals surface area contributed by atoms with Crippen molar-refractivity contribution in [3.63, 3.8) is 0 Å². The summed E-state index contributed by atoms with van der Waals surface area (Å²) in [7, 11) is 0. The third kappa shape index (κ3) is 3.61. The van der Waals surface area contributed by atoms with E-state index in [1.165, 1.54) is 13.8 Å². The van der Waals surface area contributed by atoms with Gasteiger partial charge >= 0.3 is 12.1 Å². The topological polar surface area (TPSA) is 74.0 Å². The second-order valence-corrected chi connectivity index (χ2v) is 5.04. The number of aliphatic carboxylic acids is 1. The van der Waals surface area contributed by atoms with Crippen LogP contribution >= 0.6 is 11.8 Å². The summed E-state index contributed by atoms with van der Waals surface area (Å²) in [4.78, 5) is 14.1. The summed E-state index contributed by atoms with van der Waals surface area (Å²) >= 11 is 0.614. The third-order valence-corrected chi connectivity index (χ3v) is 3.30. The second-order valence-electron chi connectivity index (χ2n) is 3.71. The summed E-state index contributed by atoms with van der Waals surface area (Å²) < 4.78 is 37.8. The summed E-state index contributed by atoms with van der Waals surface area (Å²) in [6, 6.07) is 2.52. The number of thioether (sulfide) groups is 1. The number of nitriles is 1. The Kier molecular flexibility index (Phi) is 4.42. The van der Waals surface area contributed by atoms with E-state index in [4.69, 9.17) is 10.4 Å². The van der Waals surface area contributed by atoms with E-state index < -0.39 is 23.1 Å². The largest absolute Gasteiger partial charge is 0.480 e. The first-order chi connectivity index (χ1) is 8.66. The molecular formula is C11H9F3N2O2S. The standard InChI is InChI=1S/C11H9F3N2O2S/c1-5-3-8(11(12,13)14)16-9(7(5)4-15)19-6(2)10(17)18/h3,6H,1-2H3,(H,17,18). The zero-order valence-electron chi connectivity index (χ0n) is 9.95. The minimum Gasteiger partial charge on any atom is -0.480 e. The van der Waals surface area contributed by atoms with Crippen LogP contribution in [0.2, 0.25) is 0 Å². The van der Waals surface area contributed by atoms with Crippen LogP contribution in [0.25, 0.3) is 0 Å². The number of halogens is 3. The average Bonchev–Trinajstić information content (AvgIpc) is 2.27. The number of pyridine rings is 1. The summed E-state index contributed by atoms with van der Waals surface area (Å²) in [6.45, 7) is 2.66. The molecule has 1 unspecified atom stereocenters. The minimum atomic E-state index is -4.64. The Bertz CT molecular complexity index is 552. The Balaban J connectivity index is 3.32. The van der Waals surface area contributed by atoms with Gasteiger partial charge in [0.15, 0.2) is 0 Å². The van der Waals surface area contributed by atoms with E-state index in [9.17, 15) is 18.0 Å². The van der Waals surface area contributed by atoms with E-state index in [2.05, 4.69) is 4.98 Å². The number of alkyl halides is 3. The SMILES string of the molecule is Cc1cc(C(F)(F)F)nc(SC(C)C(=O)O)c1C#N. The molecule has 4 nitrogen and oxygen atoms in total. The molecule has 102 valence electrons. The zero-order chi connectivity index (χ0) is 14.8. The molecule has 1 atom stereocenters. The van der Waals surface area contributed by atoms with Crippen molar-refractivity contribution in [1.29, 1.82) is 5.26 Å². The molecule has 1 rings (SSSR count). The number of hydrogen-bond acceptors (Lipinski definition) is 4. The Morgan fingerprint density at radius 2 is 2.16 bits per heavy atom. The molecule has 0 fully saturated rings. The van der Waals surface area contributed by atoms with Crippen molar-refractivity contribution in [3.8, 4) is 6.07 Å². The third-order valence-electron chi connectivity index (χ3n) is 2.22. The van der Waals surface area contributed by atoms with Crippen molar-refractivity contribution in [2.45, 2.75) is 30.3 Å². The number of aryl methyl sites for hydroxylation is 1. The van der Waals surface area contributed by atoms with Gasteiger partial charge < -0.3 is 5.11 Å². The highest BCUT2D eigenvalue weighted by atomic mass is 32.2. The molecule has 19 heavy (non-hydrogen) atoms. The second kappa shape index (κ2) is 5.48. The highest BCUT2D eigenvalue weighted by molar-refractivity contribution is 8.00. The van der Waals surface area contributed by atoms with Crippen LogP contribution < -0.4 is 0 Å². The van der Waals surface area contributed by atoms with Crippen LogP contribution in [0.5, 0.6) is 0 Å². The first-order valence-electron chi connectivity index (χ1n) is 5.05. The smallest absolute Gasteiger partial charge is 0.433 e. The fraction of sp³-hybridized carbons (Fsp3) is 0.364. The summed E-state index contributed by atoms with van der Waals surface area (Å²) in [6.07, 6.45) is -4.64.